The first-order valence-electron chi connectivity index (χ1n) is 4.79. The fourth-order valence-electron chi connectivity index (χ4n) is 2.14. The Labute approximate surface area is 84.1 Å². The predicted octanol–water partition coefficient (Wildman–Crippen LogP) is 1.85. The van der Waals surface area contributed by atoms with Gasteiger partial charge in [-0.15, -0.1) is 0 Å². The standard InChI is InChI=1S/C12H15NO/c1-8(2)12(14)7-11(13)9-5-3-4-6-10(9)12/h3-6,11,14H,1,7,13H2,2H3. The molecule has 0 bridgehead atoms. The summed E-state index contributed by atoms with van der Waals surface area (Å²) in [6.45, 7) is 5.68. The maximum Gasteiger partial charge on any atom is 0.112 e. The van der Waals surface area contributed by atoms with Crippen LogP contribution in [0.2, 0.25) is 0 Å². The van der Waals surface area contributed by atoms with Crippen molar-refractivity contribution in [2.75, 3.05) is 0 Å². The van der Waals surface area contributed by atoms with Crippen LogP contribution >= 0.6 is 0 Å². The highest BCUT2D eigenvalue weighted by molar-refractivity contribution is 5.44. The quantitative estimate of drug-likeness (QED) is 0.662. The summed E-state index contributed by atoms with van der Waals surface area (Å²) in [6.07, 6.45) is 0.543. The van der Waals surface area contributed by atoms with Crippen LogP contribution in [0.15, 0.2) is 36.4 Å². The molecule has 0 spiro atoms. The molecule has 2 rings (SSSR count). The summed E-state index contributed by atoms with van der Waals surface area (Å²) in [5.41, 5.74) is 7.76. The second-order valence-corrected chi connectivity index (χ2v) is 4.04. The van der Waals surface area contributed by atoms with Crippen molar-refractivity contribution in [3.63, 3.8) is 0 Å². The van der Waals surface area contributed by atoms with E-state index in [1.807, 2.05) is 31.2 Å². The highest BCUT2D eigenvalue weighted by Crippen LogP contribution is 2.45. The molecule has 74 valence electrons. The van der Waals surface area contributed by atoms with Gasteiger partial charge in [-0.05, 0) is 23.6 Å². The number of fused-ring (bicyclic) bond motifs is 1. The van der Waals surface area contributed by atoms with Crippen molar-refractivity contribution in [1.82, 2.24) is 0 Å². The van der Waals surface area contributed by atoms with E-state index in [0.717, 1.165) is 16.7 Å². The van der Waals surface area contributed by atoms with Gasteiger partial charge >= 0.3 is 0 Å². The third kappa shape index (κ3) is 1.11. The third-order valence-corrected chi connectivity index (χ3v) is 3.03. The summed E-state index contributed by atoms with van der Waals surface area (Å²) in [7, 11) is 0. The van der Waals surface area contributed by atoms with E-state index in [4.69, 9.17) is 5.73 Å². The first-order valence-corrected chi connectivity index (χ1v) is 4.79. The molecule has 0 fully saturated rings. The summed E-state index contributed by atoms with van der Waals surface area (Å²) < 4.78 is 0. The number of rotatable bonds is 1. The molecule has 1 aliphatic carbocycles. The second kappa shape index (κ2) is 2.94. The van der Waals surface area contributed by atoms with Gasteiger partial charge < -0.3 is 10.8 Å². The van der Waals surface area contributed by atoms with Crippen molar-refractivity contribution >= 4 is 0 Å². The molecule has 1 aromatic carbocycles. The molecule has 0 amide bonds. The summed E-state index contributed by atoms with van der Waals surface area (Å²) in [5, 5.41) is 10.4. The summed E-state index contributed by atoms with van der Waals surface area (Å²) in [5.74, 6) is 0. The molecule has 0 radical (unpaired) electrons. The fraction of sp³-hybridized carbons (Fsp3) is 0.333. The topological polar surface area (TPSA) is 46.2 Å². The maximum atomic E-state index is 10.4. The van der Waals surface area contributed by atoms with E-state index in [-0.39, 0.29) is 6.04 Å². The zero-order valence-electron chi connectivity index (χ0n) is 8.33. The molecule has 1 aromatic rings. The first-order chi connectivity index (χ1) is 6.55. The second-order valence-electron chi connectivity index (χ2n) is 4.04. The lowest BCUT2D eigenvalue weighted by atomic mass is 9.89. The molecule has 0 heterocycles. The average molecular weight is 189 g/mol. The smallest absolute Gasteiger partial charge is 0.112 e. The van der Waals surface area contributed by atoms with Gasteiger partial charge in [0.2, 0.25) is 0 Å². The molecule has 2 unspecified atom stereocenters. The Morgan fingerprint density at radius 2 is 2.21 bits per heavy atom. The number of benzene rings is 1. The van der Waals surface area contributed by atoms with Gasteiger partial charge in [0.25, 0.3) is 0 Å². The van der Waals surface area contributed by atoms with E-state index in [1.54, 1.807) is 0 Å². The average Bonchev–Trinajstić information content (AvgIpc) is 2.42. The minimum Gasteiger partial charge on any atom is -0.381 e. The molecular formula is C12H15NO. The van der Waals surface area contributed by atoms with Crippen LogP contribution in [0, 0.1) is 0 Å². The van der Waals surface area contributed by atoms with Crippen molar-refractivity contribution in [1.29, 1.82) is 0 Å². The lowest BCUT2D eigenvalue weighted by Gasteiger charge is -2.24. The summed E-state index contributed by atoms with van der Waals surface area (Å²) in [4.78, 5) is 0. The zero-order chi connectivity index (χ0) is 10.3. The lowest BCUT2D eigenvalue weighted by Crippen LogP contribution is -2.24. The Kier molecular flexibility index (Phi) is 1.98. The minimum atomic E-state index is -0.921. The molecule has 0 aliphatic heterocycles. The molecular weight excluding hydrogens is 174 g/mol. The molecule has 2 atom stereocenters. The Morgan fingerprint density at radius 1 is 1.57 bits per heavy atom. The van der Waals surface area contributed by atoms with Crippen LogP contribution in [0.5, 0.6) is 0 Å². The van der Waals surface area contributed by atoms with Crippen molar-refractivity contribution < 1.29 is 5.11 Å². The Morgan fingerprint density at radius 3 is 2.86 bits per heavy atom. The van der Waals surface area contributed by atoms with Crippen LogP contribution in [0.1, 0.15) is 30.5 Å². The summed E-state index contributed by atoms with van der Waals surface area (Å²) >= 11 is 0. The van der Waals surface area contributed by atoms with E-state index in [1.165, 1.54) is 0 Å². The van der Waals surface area contributed by atoms with Crippen molar-refractivity contribution in [2.24, 2.45) is 5.73 Å². The van der Waals surface area contributed by atoms with Gasteiger partial charge in [0, 0.05) is 12.5 Å². The number of hydrogen-bond acceptors (Lipinski definition) is 2. The van der Waals surface area contributed by atoms with Crippen molar-refractivity contribution in [3.8, 4) is 0 Å². The van der Waals surface area contributed by atoms with Gasteiger partial charge in [0.15, 0.2) is 0 Å². The van der Waals surface area contributed by atoms with Gasteiger partial charge in [-0.25, -0.2) is 0 Å². The lowest BCUT2D eigenvalue weighted by molar-refractivity contribution is 0.0736. The Hall–Kier alpha value is -1.12. The highest BCUT2D eigenvalue weighted by Gasteiger charge is 2.41. The van der Waals surface area contributed by atoms with Crippen LogP contribution < -0.4 is 5.73 Å². The third-order valence-electron chi connectivity index (χ3n) is 3.03. The van der Waals surface area contributed by atoms with Crippen molar-refractivity contribution in [3.05, 3.63) is 47.5 Å². The molecule has 2 heteroatoms. The molecule has 3 N–H and O–H groups in total. The largest absolute Gasteiger partial charge is 0.381 e. The summed E-state index contributed by atoms with van der Waals surface area (Å²) in [6, 6.07) is 7.69. The van der Waals surface area contributed by atoms with Gasteiger partial charge in [-0.2, -0.15) is 0 Å². The normalized spacial score (nSPS) is 30.1. The molecule has 2 nitrogen and oxygen atoms in total. The van der Waals surface area contributed by atoms with Crippen LogP contribution in [0.4, 0.5) is 0 Å². The monoisotopic (exact) mass is 189 g/mol. The maximum absolute atomic E-state index is 10.4. The highest BCUT2D eigenvalue weighted by atomic mass is 16.3. The molecule has 0 saturated carbocycles. The molecule has 1 aliphatic rings. The van der Waals surface area contributed by atoms with Gasteiger partial charge in [0.1, 0.15) is 5.60 Å². The van der Waals surface area contributed by atoms with E-state index >= 15 is 0 Å². The van der Waals surface area contributed by atoms with Gasteiger partial charge in [-0.3, -0.25) is 0 Å². The van der Waals surface area contributed by atoms with Crippen LogP contribution in [-0.4, -0.2) is 5.11 Å². The number of nitrogens with two attached hydrogens (primary N) is 1. The van der Waals surface area contributed by atoms with E-state index < -0.39 is 5.60 Å². The number of hydrogen-bond donors (Lipinski definition) is 2. The van der Waals surface area contributed by atoms with E-state index in [0.29, 0.717) is 6.42 Å². The van der Waals surface area contributed by atoms with Crippen LogP contribution in [0.25, 0.3) is 0 Å². The van der Waals surface area contributed by atoms with Gasteiger partial charge in [-0.1, -0.05) is 30.8 Å². The SMILES string of the molecule is C=C(C)C1(O)CC(N)c2ccccc21. The Bertz CT molecular complexity index is 386. The predicted molar refractivity (Wildman–Crippen MR) is 56.7 cm³/mol. The minimum absolute atomic E-state index is 0.0760. The number of aliphatic hydroxyl groups is 1. The zero-order valence-corrected chi connectivity index (χ0v) is 8.33. The van der Waals surface area contributed by atoms with Crippen molar-refractivity contribution in [2.45, 2.75) is 25.0 Å². The van der Waals surface area contributed by atoms with E-state index in [9.17, 15) is 5.11 Å². The van der Waals surface area contributed by atoms with Crippen LogP contribution in [0.3, 0.4) is 0 Å². The first kappa shape index (κ1) is 9.44. The Balaban J connectivity index is 2.59. The van der Waals surface area contributed by atoms with Crippen LogP contribution in [-0.2, 0) is 5.60 Å². The fourth-order valence-corrected chi connectivity index (χ4v) is 2.14. The van der Waals surface area contributed by atoms with E-state index in [2.05, 4.69) is 6.58 Å². The molecule has 0 aromatic heterocycles. The molecule has 14 heavy (non-hydrogen) atoms. The molecule has 0 saturated heterocycles. The van der Waals surface area contributed by atoms with Gasteiger partial charge in [0.05, 0.1) is 0 Å².